The van der Waals surface area contributed by atoms with Crippen LogP contribution in [0.1, 0.15) is 12.5 Å². The van der Waals surface area contributed by atoms with Gasteiger partial charge in [0.2, 0.25) is 0 Å². The van der Waals surface area contributed by atoms with Crippen LogP contribution in [0.15, 0.2) is 23.3 Å². The highest BCUT2D eigenvalue weighted by Gasteiger charge is 2.21. The third-order valence-corrected chi connectivity index (χ3v) is 4.87. The molecule has 2 saturated heterocycles. The van der Waals surface area contributed by atoms with Crippen LogP contribution in [0.3, 0.4) is 0 Å². The maximum Gasteiger partial charge on any atom is 0.194 e. The molecule has 2 fully saturated rings. The fourth-order valence-corrected chi connectivity index (χ4v) is 3.32. The Kier molecular flexibility index (Phi) is 10.7. The van der Waals surface area contributed by atoms with Crippen molar-refractivity contribution in [3.8, 4) is 0 Å². The number of halogens is 1. The van der Waals surface area contributed by atoms with Gasteiger partial charge in [0.1, 0.15) is 11.9 Å². The molecular formula is C20H34BrN5O3. The molecule has 8 nitrogen and oxygen atoms in total. The fourth-order valence-electron chi connectivity index (χ4n) is 3.32. The number of hydrogen-bond donors (Lipinski definition) is 1. The quantitative estimate of drug-likeness (QED) is 0.366. The number of aryl methyl sites for hydroxylation is 1. The molecular weight excluding hydrogens is 438 g/mol. The molecule has 0 spiro atoms. The summed E-state index contributed by atoms with van der Waals surface area (Å²) >= 11 is 0. The lowest BCUT2D eigenvalue weighted by atomic mass is 10.2. The molecule has 164 valence electrons. The zero-order valence-electron chi connectivity index (χ0n) is 17.5. The second kappa shape index (κ2) is 13.0. The largest absolute Gasteiger partial charge is 0.380 e. The van der Waals surface area contributed by atoms with Gasteiger partial charge in [0, 0.05) is 45.5 Å². The van der Waals surface area contributed by atoms with Crippen molar-refractivity contribution in [3.63, 3.8) is 0 Å². The molecule has 9 heteroatoms. The number of aliphatic imine (C=N–C) groups is 1. The molecule has 0 bridgehead atoms. The number of hydrogen-bond acceptors (Lipinski definition) is 6. The molecule has 29 heavy (non-hydrogen) atoms. The van der Waals surface area contributed by atoms with Crippen molar-refractivity contribution in [3.05, 3.63) is 23.9 Å². The Morgan fingerprint density at radius 2 is 2.14 bits per heavy atom. The van der Waals surface area contributed by atoms with Gasteiger partial charge in [-0.3, -0.25) is 4.99 Å². The molecule has 0 radical (unpaired) electrons. The lowest BCUT2D eigenvalue weighted by Gasteiger charge is -2.37. The lowest BCUT2D eigenvalue weighted by molar-refractivity contribution is -0.0833. The number of rotatable bonds is 7. The number of aromatic nitrogens is 1. The van der Waals surface area contributed by atoms with Crippen molar-refractivity contribution in [1.29, 1.82) is 0 Å². The van der Waals surface area contributed by atoms with E-state index in [-0.39, 0.29) is 23.1 Å². The zero-order valence-corrected chi connectivity index (χ0v) is 19.2. The summed E-state index contributed by atoms with van der Waals surface area (Å²) in [6.07, 6.45) is 1.92. The molecule has 0 aromatic carbocycles. The van der Waals surface area contributed by atoms with Gasteiger partial charge in [0.05, 0.1) is 33.0 Å². The van der Waals surface area contributed by atoms with Crippen molar-refractivity contribution < 1.29 is 14.2 Å². The van der Waals surface area contributed by atoms with Gasteiger partial charge in [-0.1, -0.05) is 0 Å². The van der Waals surface area contributed by atoms with Crippen LogP contribution in [0, 0.1) is 6.92 Å². The molecule has 1 aromatic rings. The van der Waals surface area contributed by atoms with Crippen molar-refractivity contribution in [2.75, 3.05) is 77.2 Å². The van der Waals surface area contributed by atoms with E-state index in [0.29, 0.717) is 33.0 Å². The standard InChI is InChI=1S/C20H33N5O3.BrH/c1-3-26-11-6-22-20(23-15-18-16-27-12-13-28-18)25-9-7-24(8-10-25)19-14-17(2)4-5-21-19;/h4-5,14,18H,3,6-13,15-16H2,1-2H3,(H,22,23);1H. The molecule has 1 atom stereocenters. The van der Waals surface area contributed by atoms with Gasteiger partial charge in [0.25, 0.3) is 0 Å². The third kappa shape index (κ3) is 7.73. The normalized spacial score (nSPS) is 20.3. The molecule has 3 rings (SSSR count). The minimum atomic E-state index is 0. The number of anilines is 1. The Bertz CT molecular complexity index is 620. The van der Waals surface area contributed by atoms with Crippen LogP contribution in [0.25, 0.3) is 0 Å². The SMILES string of the molecule is Br.CCOCCNC(=NCC1COCCO1)N1CCN(c2cc(C)ccn2)CC1. The van der Waals surface area contributed by atoms with Crippen molar-refractivity contribution >= 4 is 28.8 Å². The molecule has 2 aliphatic rings. The fraction of sp³-hybridized carbons (Fsp3) is 0.700. The van der Waals surface area contributed by atoms with Crippen LogP contribution in [0.5, 0.6) is 0 Å². The van der Waals surface area contributed by atoms with Crippen molar-refractivity contribution in [2.45, 2.75) is 20.0 Å². The lowest BCUT2D eigenvalue weighted by Crippen LogP contribution is -2.53. The Morgan fingerprint density at radius 1 is 1.31 bits per heavy atom. The summed E-state index contributed by atoms with van der Waals surface area (Å²) in [4.78, 5) is 14.0. The first kappa shape index (κ1) is 23.9. The predicted molar refractivity (Wildman–Crippen MR) is 120 cm³/mol. The molecule has 0 amide bonds. The first-order valence-corrected chi connectivity index (χ1v) is 10.2. The topological polar surface area (TPSA) is 71.5 Å². The van der Waals surface area contributed by atoms with Crippen molar-refractivity contribution in [1.82, 2.24) is 15.2 Å². The summed E-state index contributed by atoms with van der Waals surface area (Å²) in [5, 5.41) is 3.45. The smallest absolute Gasteiger partial charge is 0.194 e. The average Bonchev–Trinajstić information content (AvgIpc) is 2.74. The Balaban J connectivity index is 0.00000300. The van der Waals surface area contributed by atoms with E-state index >= 15 is 0 Å². The first-order chi connectivity index (χ1) is 13.8. The Hall–Kier alpha value is -1.42. The second-order valence-corrected chi connectivity index (χ2v) is 7.02. The first-order valence-electron chi connectivity index (χ1n) is 10.2. The van der Waals surface area contributed by atoms with Gasteiger partial charge in [0.15, 0.2) is 5.96 Å². The van der Waals surface area contributed by atoms with Gasteiger partial charge < -0.3 is 29.3 Å². The van der Waals surface area contributed by atoms with Crippen LogP contribution >= 0.6 is 17.0 Å². The molecule has 1 aromatic heterocycles. The number of guanidine groups is 1. The van der Waals surface area contributed by atoms with Gasteiger partial charge in [-0.15, -0.1) is 17.0 Å². The van der Waals surface area contributed by atoms with E-state index in [4.69, 9.17) is 19.2 Å². The van der Waals surface area contributed by atoms with E-state index in [0.717, 1.165) is 51.1 Å². The summed E-state index contributed by atoms with van der Waals surface area (Å²) in [5.74, 6) is 1.97. The number of ether oxygens (including phenoxy) is 3. The van der Waals surface area contributed by atoms with Crippen molar-refractivity contribution in [2.24, 2.45) is 4.99 Å². The van der Waals surface area contributed by atoms with Crippen LogP contribution in [0.4, 0.5) is 5.82 Å². The van der Waals surface area contributed by atoms with E-state index in [9.17, 15) is 0 Å². The van der Waals surface area contributed by atoms with E-state index in [2.05, 4.69) is 33.1 Å². The van der Waals surface area contributed by atoms with Crippen LogP contribution in [0.2, 0.25) is 0 Å². The summed E-state index contributed by atoms with van der Waals surface area (Å²) in [7, 11) is 0. The number of nitrogens with zero attached hydrogens (tertiary/aromatic N) is 4. The minimum absolute atomic E-state index is 0. The van der Waals surface area contributed by atoms with Crippen LogP contribution < -0.4 is 10.2 Å². The maximum absolute atomic E-state index is 5.73. The highest BCUT2D eigenvalue weighted by atomic mass is 79.9. The predicted octanol–water partition coefficient (Wildman–Crippen LogP) is 1.49. The monoisotopic (exact) mass is 471 g/mol. The van der Waals surface area contributed by atoms with E-state index in [1.54, 1.807) is 0 Å². The second-order valence-electron chi connectivity index (χ2n) is 7.02. The molecule has 1 N–H and O–H groups in total. The summed E-state index contributed by atoms with van der Waals surface area (Å²) in [6, 6.07) is 4.18. The zero-order chi connectivity index (χ0) is 19.6. The van der Waals surface area contributed by atoms with Gasteiger partial charge in [-0.25, -0.2) is 4.98 Å². The summed E-state index contributed by atoms with van der Waals surface area (Å²) in [5.41, 5.74) is 1.24. The van der Waals surface area contributed by atoms with E-state index < -0.39 is 0 Å². The highest BCUT2D eigenvalue weighted by molar-refractivity contribution is 8.93. The number of piperazine rings is 1. The summed E-state index contributed by atoms with van der Waals surface area (Å²) in [6.45, 7) is 12.4. The average molecular weight is 472 g/mol. The van der Waals surface area contributed by atoms with Gasteiger partial charge in [-0.2, -0.15) is 0 Å². The number of nitrogens with one attached hydrogen (secondary N) is 1. The minimum Gasteiger partial charge on any atom is -0.380 e. The molecule has 0 aliphatic carbocycles. The van der Waals surface area contributed by atoms with Gasteiger partial charge >= 0.3 is 0 Å². The Labute approximate surface area is 184 Å². The third-order valence-electron chi connectivity index (χ3n) is 4.87. The Morgan fingerprint density at radius 3 is 2.83 bits per heavy atom. The van der Waals surface area contributed by atoms with E-state index in [1.165, 1.54) is 5.56 Å². The van der Waals surface area contributed by atoms with Gasteiger partial charge in [-0.05, 0) is 31.5 Å². The van der Waals surface area contributed by atoms with Crippen LogP contribution in [-0.4, -0.2) is 94.3 Å². The molecule has 2 aliphatic heterocycles. The van der Waals surface area contributed by atoms with Crippen LogP contribution in [-0.2, 0) is 14.2 Å². The number of pyridine rings is 1. The molecule has 0 saturated carbocycles. The highest BCUT2D eigenvalue weighted by Crippen LogP contribution is 2.15. The van der Waals surface area contributed by atoms with E-state index in [1.807, 2.05) is 19.2 Å². The maximum atomic E-state index is 5.73. The molecule has 3 heterocycles. The molecule has 1 unspecified atom stereocenters. The summed E-state index contributed by atoms with van der Waals surface area (Å²) < 4.78 is 16.7.